The van der Waals surface area contributed by atoms with E-state index in [9.17, 15) is 9.90 Å². The van der Waals surface area contributed by atoms with Crippen LogP contribution in [0.15, 0.2) is 30.7 Å². The molecule has 0 saturated carbocycles. The summed E-state index contributed by atoms with van der Waals surface area (Å²) in [7, 11) is 0. The molecule has 0 spiro atoms. The number of hydrogen-bond acceptors (Lipinski definition) is 4. The summed E-state index contributed by atoms with van der Waals surface area (Å²) in [5, 5.41) is 15.9. The quantitative estimate of drug-likeness (QED) is 0.667. The number of aromatic nitrogens is 2. The van der Waals surface area contributed by atoms with Crippen LogP contribution >= 0.6 is 11.6 Å². The molecule has 136 valence electrons. The lowest BCUT2D eigenvalue weighted by molar-refractivity contribution is 0.108. The second-order valence-corrected chi connectivity index (χ2v) is 6.02. The minimum atomic E-state index is -0.817. The van der Waals surface area contributed by atoms with Gasteiger partial charge in [-0.25, -0.2) is 9.78 Å². The molecule has 0 aliphatic rings. The van der Waals surface area contributed by atoms with Gasteiger partial charge in [-0.05, 0) is 37.6 Å². The molecular formula is C17H23ClN4O3. The number of aryl methyl sites for hydroxylation is 2. The van der Waals surface area contributed by atoms with Crippen LogP contribution in [0.3, 0.4) is 0 Å². The maximum absolute atomic E-state index is 11.8. The summed E-state index contributed by atoms with van der Waals surface area (Å²) in [6.45, 7) is 5.20. The van der Waals surface area contributed by atoms with Crippen LogP contribution in [0, 0.1) is 6.92 Å². The Kier molecular flexibility index (Phi) is 7.09. The summed E-state index contributed by atoms with van der Waals surface area (Å²) < 4.78 is 7.43. The third-order valence-electron chi connectivity index (χ3n) is 3.64. The van der Waals surface area contributed by atoms with E-state index in [4.69, 9.17) is 16.3 Å². The number of nitrogens with one attached hydrogen (secondary N) is 2. The average Bonchev–Trinajstić information content (AvgIpc) is 3.06. The number of imidazole rings is 1. The van der Waals surface area contributed by atoms with E-state index >= 15 is 0 Å². The number of hydrogen-bond donors (Lipinski definition) is 3. The highest BCUT2D eigenvalue weighted by molar-refractivity contribution is 6.31. The molecule has 2 amide bonds. The van der Waals surface area contributed by atoms with Gasteiger partial charge in [-0.15, -0.1) is 0 Å². The molecule has 0 unspecified atom stereocenters. The molecule has 7 nitrogen and oxygen atoms in total. The number of benzene rings is 1. The van der Waals surface area contributed by atoms with Gasteiger partial charge in [0, 0.05) is 24.3 Å². The predicted octanol–water partition coefficient (Wildman–Crippen LogP) is 2.10. The van der Waals surface area contributed by atoms with Gasteiger partial charge in [0.25, 0.3) is 0 Å². The van der Waals surface area contributed by atoms with Gasteiger partial charge in [0.05, 0.1) is 18.6 Å². The van der Waals surface area contributed by atoms with Crippen molar-refractivity contribution in [2.24, 2.45) is 0 Å². The normalized spacial score (nSPS) is 11.8. The topological polar surface area (TPSA) is 88.4 Å². The number of aliphatic hydroxyl groups is 1. The lowest BCUT2D eigenvalue weighted by Gasteiger charge is -2.14. The van der Waals surface area contributed by atoms with Gasteiger partial charge in [0.2, 0.25) is 0 Å². The van der Waals surface area contributed by atoms with Gasteiger partial charge < -0.3 is 25.0 Å². The number of amides is 2. The molecule has 8 heteroatoms. The van der Waals surface area contributed by atoms with Crippen molar-refractivity contribution >= 4 is 17.6 Å². The van der Waals surface area contributed by atoms with Gasteiger partial charge in [-0.1, -0.05) is 11.6 Å². The first-order valence-electron chi connectivity index (χ1n) is 8.07. The molecule has 1 aromatic carbocycles. The molecule has 2 aromatic rings. The van der Waals surface area contributed by atoms with Crippen LogP contribution in [0.2, 0.25) is 5.02 Å². The molecule has 1 atom stereocenters. The molecule has 2 rings (SSSR count). The lowest BCUT2D eigenvalue weighted by atomic mass is 10.2. The molecule has 0 bridgehead atoms. The fraction of sp³-hybridized carbons (Fsp3) is 0.412. The molecule has 0 fully saturated rings. The van der Waals surface area contributed by atoms with Crippen molar-refractivity contribution in [3.8, 4) is 5.75 Å². The highest BCUT2D eigenvalue weighted by atomic mass is 35.5. The third-order valence-corrected chi connectivity index (χ3v) is 4.06. The molecule has 0 radical (unpaired) electrons. The minimum absolute atomic E-state index is 0.0734. The Morgan fingerprint density at radius 2 is 2.24 bits per heavy atom. The lowest BCUT2D eigenvalue weighted by Crippen LogP contribution is -2.41. The maximum Gasteiger partial charge on any atom is 0.315 e. The number of aliphatic hydroxyl groups excluding tert-OH is 1. The van der Waals surface area contributed by atoms with Crippen LogP contribution in [0.5, 0.6) is 5.75 Å². The Bertz CT molecular complexity index is 705. The van der Waals surface area contributed by atoms with Crippen molar-refractivity contribution in [2.45, 2.75) is 33.0 Å². The zero-order valence-corrected chi connectivity index (χ0v) is 15.1. The summed E-state index contributed by atoms with van der Waals surface area (Å²) in [5.41, 5.74) is 1.82. The first kappa shape index (κ1) is 19.1. The summed E-state index contributed by atoms with van der Waals surface area (Å²) in [5.74, 6) is 0.623. The Labute approximate surface area is 152 Å². The third kappa shape index (κ3) is 5.95. The van der Waals surface area contributed by atoms with Crippen LogP contribution in [-0.2, 0) is 13.1 Å². The van der Waals surface area contributed by atoms with E-state index < -0.39 is 6.10 Å². The Hall–Kier alpha value is -2.25. The van der Waals surface area contributed by atoms with Gasteiger partial charge in [0.15, 0.2) is 0 Å². The number of halogens is 1. The molecule has 0 aliphatic carbocycles. The highest BCUT2D eigenvalue weighted by Crippen LogP contribution is 2.21. The number of urea groups is 1. The summed E-state index contributed by atoms with van der Waals surface area (Å²) >= 11 is 5.95. The van der Waals surface area contributed by atoms with Crippen molar-refractivity contribution in [2.75, 3.05) is 13.2 Å². The summed E-state index contributed by atoms with van der Waals surface area (Å²) in [4.78, 5) is 15.8. The molecule has 0 aliphatic heterocycles. The summed E-state index contributed by atoms with van der Waals surface area (Å²) in [6, 6.07) is 4.92. The highest BCUT2D eigenvalue weighted by Gasteiger charge is 2.09. The average molecular weight is 367 g/mol. The molecule has 3 N–H and O–H groups in total. The largest absolute Gasteiger partial charge is 0.491 e. The Morgan fingerprint density at radius 3 is 2.96 bits per heavy atom. The first-order chi connectivity index (χ1) is 12.0. The fourth-order valence-corrected chi connectivity index (χ4v) is 2.30. The van der Waals surface area contributed by atoms with E-state index in [2.05, 4.69) is 15.6 Å². The Balaban J connectivity index is 1.67. The first-order valence-corrected chi connectivity index (χ1v) is 8.45. The van der Waals surface area contributed by atoms with Crippen LogP contribution in [0.25, 0.3) is 0 Å². The van der Waals surface area contributed by atoms with Crippen LogP contribution in [0.1, 0.15) is 18.2 Å². The molecular weight excluding hydrogens is 344 g/mol. The smallest absolute Gasteiger partial charge is 0.315 e. The van der Waals surface area contributed by atoms with Crippen molar-refractivity contribution in [1.82, 2.24) is 20.2 Å². The van der Waals surface area contributed by atoms with Gasteiger partial charge >= 0.3 is 6.03 Å². The van der Waals surface area contributed by atoms with Crippen molar-refractivity contribution in [1.29, 1.82) is 0 Å². The predicted molar refractivity (Wildman–Crippen MR) is 95.8 cm³/mol. The Morgan fingerprint density at radius 1 is 1.44 bits per heavy atom. The number of ether oxygens (including phenoxy) is 1. The monoisotopic (exact) mass is 366 g/mol. The van der Waals surface area contributed by atoms with E-state index in [-0.39, 0.29) is 19.2 Å². The maximum atomic E-state index is 11.8. The number of rotatable bonds is 8. The fourth-order valence-electron chi connectivity index (χ4n) is 2.18. The van der Waals surface area contributed by atoms with Crippen LogP contribution in [0.4, 0.5) is 4.79 Å². The van der Waals surface area contributed by atoms with Crippen molar-refractivity contribution in [3.63, 3.8) is 0 Å². The van der Waals surface area contributed by atoms with E-state index in [0.29, 0.717) is 17.3 Å². The molecule has 25 heavy (non-hydrogen) atoms. The molecule has 1 aromatic heterocycles. The molecule has 0 saturated heterocycles. The van der Waals surface area contributed by atoms with Crippen molar-refractivity contribution in [3.05, 3.63) is 47.0 Å². The second kappa shape index (κ2) is 9.29. The van der Waals surface area contributed by atoms with Crippen LogP contribution in [-0.4, -0.2) is 39.9 Å². The summed E-state index contributed by atoms with van der Waals surface area (Å²) in [6.07, 6.45) is 2.61. The van der Waals surface area contributed by atoms with E-state index in [0.717, 1.165) is 17.8 Å². The standard InChI is InChI=1S/C17H23ClN4O3/c1-3-22-11-19-7-13(22)8-20-17(24)21-9-14(23)10-25-15-4-5-16(18)12(2)6-15/h4-7,11,14,23H,3,8-10H2,1-2H3,(H2,20,21,24)/t14-/m0/s1. The minimum Gasteiger partial charge on any atom is -0.491 e. The van der Waals surface area contributed by atoms with Crippen LogP contribution < -0.4 is 15.4 Å². The van der Waals surface area contributed by atoms with Gasteiger partial charge in [-0.2, -0.15) is 0 Å². The van der Waals surface area contributed by atoms with Crippen molar-refractivity contribution < 1.29 is 14.6 Å². The van der Waals surface area contributed by atoms with Gasteiger partial charge in [-0.3, -0.25) is 0 Å². The zero-order chi connectivity index (χ0) is 18.2. The van der Waals surface area contributed by atoms with E-state index in [1.165, 1.54) is 0 Å². The SMILES string of the molecule is CCn1cncc1CNC(=O)NC[C@H](O)COc1ccc(Cl)c(C)c1. The van der Waals surface area contributed by atoms with E-state index in [1.54, 1.807) is 30.7 Å². The second-order valence-electron chi connectivity index (χ2n) is 5.61. The number of carbonyl (C=O) groups excluding carboxylic acids is 1. The number of nitrogens with zero attached hydrogens (tertiary/aromatic N) is 2. The zero-order valence-electron chi connectivity index (χ0n) is 14.3. The molecule has 1 heterocycles. The van der Waals surface area contributed by atoms with Gasteiger partial charge in [0.1, 0.15) is 18.5 Å². The number of carbonyl (C=O) groups is 1. The van der Waals surface area contributed by atoms with E-state index in [1.807, 2.05) is 18.4 Å².